The zero-order valence-electron chi connectivity index (χ0n) is 20.0. The Morgan fingerprint density at radius 1 is 0.970 bits per heavy atom. The molecule has 5 nitrogen and oxygen atoms in total. The number of carbonyl (C=O) groups is 2. The number of hydrogen-bond acceptors (Lipinski definition) is 3. The van der Waals surface area contributed by atoms with Gasteiger partial charge in [0.25, 0.3) is 0 Å². The predicted octanol–water partition coefficient (Wildman–Crippen LogP) is 4.53. The van der Waals surface area contributed by atoms with Crippen molar-refractivity contribution in [3.8, 4) is 0 Å². The molecule has 5 heteroatoms. The largest absolute Gasteiger partial charge is 0.350 e. The van der Waals surface area contributed by atoms with Gasteiger partial charge in [0.1, 0.15) is 6.04 Å². The van der Waals surface area contributed by atoms with E-state index in [1.165, 1.54) is 12.0 Å². The lowest BCUT2D eigenvalue weighted by Crippen LogP contribution is -2.45. The van der Waals surface area contributed by atoms with Gasteiger partial charge < -0.3 is 10.2 Å². The van der Waals surface area contributed by atoms with Crippen LogP contribution in [0.5, 0.6) is 0 Å². The Morgan fingerprint density at radius 2 is 1.64 bits per heavy atom. The highest BCUT2D eigenvalue weighted by molar-refractivity contribution is 5.89. The van der Waals surface area contributed by atoms with E-state index >= 15 is 0 Å². The van der Waals surface area contributed by atoms with E-state index in [-0.39, 0.29) is 11.8 Å². The van der Waals surface area contributed by atoms with Crippen LogP contribution < -0.4 is 5.32 Å². The molecule has 0 spiro atoms. The second-order valence-corrected chi connectivity index (χ2v) is 10.0. The Hall–Kier alpha value is -2.66. The van der Waals surface area contributed by atoms with Crippen LogP contribution in [0, 0.1) is 11.8 Å². The summed E-state index contributed by atoms with van der Waals surface area (Å²) >= 11 is 0. The van der Waals surface area contributed by atoms with Crippen molar-refractivity contribution < 1.29 is 9.59 Å². The van der Waals surface area contributed by atoms with Crippen LogP contribution in [0.1, 0.15) is 62.3 Å². The maximum absolute atomic E-state index is 13.2. The van der Waals surface area contributed by atoms with Crippen molar-refractivity contribution in [1.82, 2.24) is 15.1 Å². The van der Waals surface area contributed by atoms with Gasteiger partial charge in [0.15, 0.2) is 0 Å². The summed E-state index contributed by atoms with van der Waals surface area (Å²) in [5.74, 6) is 1.47. The van der Waals surface area contributed by atoms with E-state index in [2.05, 4.69) is 48.3 Å². The van der Waals surface area contributed by atoms with Gasteiger partial charge in [-0.05, 0) is 47.8 Å². The molecule has 0 bridgehead atoms. The van der Waals surface area contributed by atoms with Crippen LogP contribution in [-0.4, -0.2) is 41.2 Å². The van der Waals surface area contributed by atoms with Crippen molar-refractivity contribution in [2.75, 3.05) is 19.6 Å². The minimum atomic E-state index is -0.568. The van der Waals surface area contributed by atoms with Crippen LogP contribution in [-0.2, 0) is 22.7 Å². The Labute approximate surface area is 198 Å². The van der Waals surface area contributed by atoms with E-state index in [4.69, 9.17) is 0 Å². The average molecular weight is 448 g/mol. The molecule has 0 saturated carbocycles. The Kier molecular flexibility index (Phi) is 7.81. The van der Waals surface area contributed by atoms with E-state index < -0.39 is 6.04 Å². The molecular weight excluding hydrogens is 410 g/mol. The number of nitrogens with zero attached hydrogens (tertiary/aromatic N) is 2. The molecule has 2 aromatic carbocycles. The minimum Gasteiger partial charge on any atom is -0.350 e. The smallest absolute Gasteiger partial charge is 0.247 e. The van der Waals surface area contributed by atoms with E-state index in [9.17, 15) is 9.59 Å². The molecule has 33 heavy (non-hydrogen) atoms. The third kappa shape index (κ3) is 6.23. The molecular formula is C28H37N3O2. The van der Waals surface area contributed by atoms with Crippen LogP contribution in [0.25, 0.3) is 0 Å². The van der Waals surface area contributed by atoms with Crippen LogP contribution >= 0.6 is 0 Å². The molecule has 2 aromatic rings. The Bertz CT molecular complexity index is 918. The first-order valence-corrected chi connectivity index (χ1v) is 12.4. The topological polar surface area (TPSA) is 52.7 Å². The van der Waals surface area contributed by atoms with Gasteiger partial charge in [-0.15, -0.1) is 0 Å². The number of carbonyl (C=O) groups excluding carboxylic acids is 2. The lowest BCUT2D eigenvalue weighted by molar-refractivity contribution is -0.142. The van der Waals surface area contributed by atoms with Crippen molar-refractivity contribution in [3.05, 3.63) is 71.3 Å². The predicted molar refractivity (Wildman–Crippen MR) is 131 cm³/mol. The van der Waals surface area contributed by atoms with E-state index in [0.29, 0.717) is 19.5 Å². The summed E-state index contributed by atoms with van der Waals surface area (Å²) in [4.78, 5) is 30.1. The molecule has 3 atom stereocenters. The molecule has 2 amide bonds. The lowest BCUT2D eigenvalue weighted by Gasteiger charge is -2.35. The molecule has 3 unspecified atom stereocenters. The first kappa shape index (κ1) is 23.5. The molecule has 0 aromatic heterocycles. The fraction of sp³-hybridized carbons (Fsp3) is 0.500. The van der Waals surface area contributed by atoms with E-state index in [1.807, 2.05) is 30.3 Å². The molecule has 0 radical (unpaired) electrons. The van der Waals surface area contributed by atoms with E-state index in [1.54, 1.807) is 4.90 Å². The number of nitrogens with one attached hydrogen (secondary N) is 1. The fourth-order valence-electron chi connectivity index (χ4n) is 5.44. The van der Waals surface area contributed by atoms with Crippen molar-refractivity contribution in [3.63, 3.8) is 0 Å². The van der Waals surface area contributed by atoms with Gasteiger partial charge in [-0.25, -0.2) is 0 Å². The summed E-state index contributed by atoms with van der Waals surface area (Å²) in [6.45, 7) is 9.09. The second-order valence-electron chi connectivity index (χ2n) is 10.0. The summed E-state index contributed by atoms with van der Waals surface area (Å²) in [6.07, 6.45) is 3.69. The molecule has 2 aliphatic heterocycles. The number of rotatable bonds is 7. The zero-order valence-corrected chi connectivity index (χ0v) is 20.0. The summed E-state index contributed by atoms with van der Waals surface area (Å²) < 4.78 is 0. The summed E-state index contributed by atoms with van der Waals surface area (Å²) in [5.41, 5.74) is 3.25. The molecule has 2 heterocycles. The quantitative estimate of drug-likeness (QED) is 0.678. The number of amides is 2. The standard InChI is InChI=1S/C28H37N3O2/c1-21-16-22(2)19-30(18-21)20-24-13-11-23(12-14-24)17-29-28(33)27(25-8-4-3-5-9-25)31-15-7-6-10-26(31)32/h3-5,8-9,11-14,21-22,27H,6-7,10,15-20H2,1-2H3,(H,29,33). The highest BCUT2D eigenvalue weighted by Crippen LogP contribution is 2.26. The number of benzene rings is 2. The lowest BCUT2D eigenvalue weighted by atomic mass is 9.91. The summed E-state index contributed by atoms with van der Waals surface area (Å²) in [5, 5.41) is 3.08. The molecule has 4 rings (SSSR count). The Balaban J connectivity index is 1.37. The van der Waals surface area contributed by atoms with Crippen LogP contribution in [0.3, 0.4) is 0 Å². The molecule has 2 saturated heterocycles. The van der Waals surface area contributed by atoms with Gasteiger partial charge in [0.2, 0.25) is 11.8 Å². The van der Waals surface area contributed by atoms with Crippen molar-refractivity contribution in [2.24, 2.45) is 11.8 Å². The van der Waals surface area contributed by atoms with Crippen LogP contribution in [0.2, 0.25) is 0 Å². The van der Waals surface area contributed by atoms with Gasteiger partial charge in [-0.3, -0.25) is 14.5 Å². The van der Waals surface area contributed by atoms with Crippen molar-refractivity contribution in [2.45, 2.75) is 58.7 Å². The number of likely N-dealkylation sites (tertiary alicyclic amines) is 2. The van der Waals surface area contributed by atoms with Gasteiger partial charge in [-0.1, -0.05) is 68.4 Å². The average Bonchev–Trinajstić information content (AvgIpc) is 2.80. The van der Waals surface area contributed by atoms with Crippen molar-refractivity contribution >= 4 is 11.8 Å². The highest BCUT2D eigenvalue weighted by Gasteiger charge is 2.32. The molecule has 2 aliphatic rings. The molecule has 1 N–H and O–H groups in total. The van der Waals surface area contributed by atoms with Crippen LogP contribution in [0.4, 0.5) is 0 Å². The zero-order chi connectivity index (χ0) is 23.2. The molecule has 176 valence electrons. The van der Waals surface area contributed by atoms with Gasteiger partial charge >= 0.3 is 0 Å². The third-order valence-electron chi connectivity index (χ3n) is 6.88. The SMILES string of the molecule is CC1CC(C)CN(Cc2ccc(CNC(=O)C(c3ccccc3)N3CCCCC3=O)cc2)C1. The van der Waals surface area contributed by atoms with E-state index in [0.717, 1.165) is 55.4 Å². The van der Waals surface area contributed by atoms with Gasteiger partial charge in [0.05, 0.1) is 0 Å². The molecule has 2 fully saturated rings. The first-order valence-electron chi connectivity index (χ1n) is 12.4. The maximum Gasteiger partial charge on any atom is 0.247 e. The third-order valence-corrected chi connectivity index (χ3v) is 6.88. The first-order chi connectivity index (χ1) is 16.0. The summed E-state index contributed by atoms with van der Waals surface area (Å²) in [6, 6.07) is 17.6. The fourth-order valence-corrected chi connectivity index (χ4v) is 5.44. The van der Waals surface area contributed by atoms with Crippen LogP contribution in [0.15, 0.2) is 54.6 Å². The van der Waals surface area contributed by atoms with Gasteiger partial charge in [0, 0.05) is 39.1 Å². The number of hydrogen-bond donors (Lipinski definition) is 1. The van der Waals surface area contributed by atoms with Crippen molar-refractivity contribution in [1.29, 1.82) is 0 Å². The summed E-state index contributed by atoms with van der Waals surface area (Å²) in [7, 11) is 0. The Morgan fingerprint density at radius 3 is 2.30 bits per heavy atom. The minimum absolute atomic E-state index is 0.0657. The highest BCUT2D eigenvalue weighted by atomic mass is 16.2. The normalized spacial score (nSPS) is 22.7. The maximum atomic E-state index is 13.2. The monoisotopic (exact) mass is 447 g/mol. The molecule has 0 aliphatic carbocycles. The van der Waals surface area contributed by atoms with Gasteiger partial charge in [-0.2, -0.15) is 0 Å². The number of piperidine rings is 2. The second kappa shape index (κ2) is 11.0.